The van der Waals surface area contributed by atoms with Crippen LogP contribution in [0.3, 0.4) is 0 Å². The third-order valence-corrected chi connectivity index (χ3v) is 6.74. The van der Waals surface area contributed by atoms with Crippen LogP contribution in [-0.4, -0.2) is 25.5 Å². The van der Waals surface area contributed by atoms with E-state index < -0.39 is 0 Å². The average Bonchev–Trinajstić information content (AvgIpc) is 3.31. The Morgan fingerprint density at radius 1 is 1.03 bits per heavy atom. The number of carbonyl (C=O) groups is 1. The van der Waals surface area contributed by atoms with Crippen LogP contribution in [0.2, 0.25) is 0 Å². The maximum Gasteiger partial charge on any atom is 0.277 e. The Hall–Kier alpha value is -3.81. The van der Waals surface area contributed by atoms with E-state index in [4.69, 9.17) is 0 Å². The molecule has 0 saturated heterocycles. The molecular weight excluding hydrogens is 445 g/mol. The number of nitrogens with zero attached hydrogens (tertiary/aromatic N) is 4. The SMILES string of the molecule is Cc1nc2nc(N(Cc3ccc(F)cc3)C(=O)C3CCCCC3)[nH]n2c(=O)c1Cc1ccccc1. The van der Waals surface area contributed by atoms with Crippen molar-refractivity contribution in [2.24, 2.45) is 5.92 Å². The number of halogens is 1. The van der Waals surface area contributed by atoms with Crippen LogP contribution in [0.5, 0.6) is 0 Å². The maximum atomic E-state index is 13.6. The molecule has 5 rings (SSSR count). The second-order valence-corrected chi connectivity index (χ2v) is 9.21. The van der Waals surface area contributed by atoms with Crippen LogP contribution in [0.4, 0.5) is 10.3 Å². The molecule has 1 saturated carbocycles. The van der Waals surface area contributed by atoms with Gasteiger partial charge in [-0.05, 0) is 43.0 Å². The molecule has 1 amide bonds. The molecule has 2 heterocycles. The highest BCUT2D eigenvalue weighted by Crippen LogP contribution is 2.28. The average molecular weight is 474 g/mol. The summed E-state index contributed by atoms with van der Waals surface area (Å²) in [6, 6.07) is 15.8. The topological polar surface area (TPSA) is 83.4 Å². The van der Waals surface area contributed by atoms with Gasteiger partial charge in [0.25, 0.3) is 11.3 Å². The first kappa shape index (κ1) is 23.0. The fourth-order valence-electron chi connectivity index (χ4n) is 4.77. The number of aromatic nitrogens is 4. The molecule has 0 spiro atoms. The van der Waals surface area contributed by atoms with E-state index >= 15 is 0 Å². The van der Waals surface area contributed by atoms with E-state index in [1.165, 1.54) is 16.6 Å². The van der Waals surface area contributed by atoms with E-state index in [-0.39, 0.29) is 41.5 Å². The Balaban J connectivity index is 1.53. The molecule has 35 heavy (non-hydrogen) atoms. The standard InChI is InChI=1S/C27H28FN5O2/c1-18-23(16-19-8-4-2-5-9-19)25(35)33-26(29-18)30-27(31-33)32(17-20-12-14-22(28)15-13-20)24(34)21-10-6-3-7-11-21/h2,4-5,8-9,12-15,21H,3,6-7,10-11,16-17H2,1H3,(H,29,30,31). The molecular formula is C27H28FN5O2. The van der Waals surface area contributed by atoms with Crippen molar-refractivity contribution < 1.29 is 9.18 Å². The molecule has 0 bridgehead atoms. The molecule has 1 aliphatic rings. The van der Waals surface area contributed by atoms with Crippen molar-refractivity contribution in [3.8, 4) is 0 Å². The molecule has 180 valence electrons. The van der Waals surface area contributed by atoms with Crippen LogP contribution in [-0.2, 0) is 17.8 Å². The van der Waals surface area contributed by atoms with Crippen molar-refractivity contribution in [1.82, 2.24) is 19.6 Å². The number of aryl methyl sites for hydroxylation is 1. The molecule has 7 nitrogen and oxygen atoms in total. The second-order valence-electron chi connectivity index (χ2n) is 9.21. The summed E-state index contributed by atoms with van der Waals surface area (Å²) in [4.78, 5) is 37.6. The van der Waals surface area contributed by atoms with E-state index in [9.17, 15) is 14.0 Å². The van der Waals surface area contributed by atoms with Crippen LogP contribution >= 0.6 is 0 Å². The van der Waals surface area contributed by atoms with Gasteiger partial charge < -0.3 is 0 Å². The number of carbonyl (C=O) groups excluding carboxylic acids is 1. The molecule has 1 aliphatic carbocycles. The number of rotatable bonds is 6. The molecule has 8 heteroatoms. The molecule has 0 aliphatic heterocycles. The van der Waals surface area contributed by atoms with Gasteiger partial charge in [-0.3, -0.25) is 19.6 Å². The molecule has 0 radical (unpaired) electrons. The lowest BCUT2D eigenvalue weighted by Gasteiger charge is -2.27. The number of aromatic amines is 1. The lowest BCUT2D eigenvalue weighted by atomic mass is 9.88. The summed E-state index contributed by atoms with van der Waals surface area (Å²) in [6.07, 6.45) is 5.29. The summed E-state index contributed by atoms with van der Waals surface area (Å²) in [5, 5.41) is 3.03. The van der Waals surface area contributed by atoms with E-state index in [1.807, 2.05) is 30.3 Å². The first-order valence-electron chi connectivity index (χ1n) is 12.1. The first-order valence-corrected chi connectivity index (χ1v) is 12.1. The van der Waals surface area contributed by atoms with Gasteiger partial charge in [0, 0.05) is 17.9 Å². The largest absolute Gasteiger partial charge is 0.277 e. The van der Waals surface area contributed by atoms with Crippen LogP contribution in [0.25, 0.3) is 5.78 Å². The summed E-state index contributed by atoms with van der Waals surface area (Å²) in [5.74, 6) is 0.0188. The number of H-pyrrole nitrogens is 1. The molecule has 1 N–H and O–H groups in total. The smallest absolute Gasteiger partial charge is 0.276 e. The first-order chi connectivity index (χ1) is 17.0. The highest BCUT2D eigenvalue weighted by molar-refractivity contribution is 5.93. The number of hydrogen-bond donors (Lipinski definition) is 1. The zero-order valence-corrected chi connectivity index (χ0v) is 19.7. The van der Waals surface area contributed by atoms with Crippen molar-refractivity contribution >= 4 is 17.6 Å². The van der Waals surface area contributed by atoms with Gasteiger partial charge >= 0.3 is 0 Å². The third-order valence-electron chi connectivity index (χ3n) is 6.74. The molecule has 2 aromatic carbocycles. The Kier molecular flexibility index (Phi) is 6.44. The number of benzene rings is 2. The summed E-state index contributed by atoms with van der Waals surface area (Å²) < 4.78 is 14.8. The fourth-order valence-corrected chi connectivity index (χ4v) is 4.77. The lowest BCUT2D eigenvalue weighted by molar-refractivity contribution is -0.123. The number of hydrogen-bond acceptors (Lipinski definition) is 4. The van der Waals surface area contributed by atoms with Gasteiger partial charge in [-0.2, -0.15) is 9.50 Å². The molecule has 0 unspecified atom stereocenters. The van der Waals surface area contributed by atoms with Crippen LogP contribution in [0, 0.1) is 18.7 Å². The predicted molar refractivity (Wildman–Crippen MR) is 132 cm³/mol. The Labute approximate surface area is 202 Å². The number of amides is 1. The number of nitrogens with one attached hydrogen (secondary N) is 1. The third kappa shape index (κ3) is 4.87. The zero-order chi connectivity index (χ0) is 24.4. The van der Waals surface area contributed by atoms with Gasteiger partial charge in [0.1, 0.15) is 5.82 Å². The van der Waals surface area contributed by atoms with Crippen molar-refractivity contribution in [2.75, 3.05) is 4.90 Å². The summed E-state index contributed by atoms with van der Waals surface area (Å²) >= 11 is 0. The zero-order valence-electron chi connectivity index (χ0n) is 19.7. The van der Waals surface area contributed by atoms with Crippen LogP contribution < -0.4 is 10.5 Å². The van der Waals surface area contributed by atoms with E-state index in [2.05, 4.69) is 15.1 Å². The van der Waals surface area contributed by atoms with Gasteiger partial charge in [-0.15, -0.1) is 0 Å². The van der Waals surface area contributed by atoms with Gasteiger partial charge in [0.2, 0.25) is 11.9 Å². The summed E-state index contributed by atoms with van der Waals surface area (Å²) in [7, 11) is 0. The normalized spacial score (nSPS) is 14.3. The van der Waals surface area contributed by atoms with Crippen molar-refractivity contribution in [3.05, 3.63) is 93.2 Å². The van der Waals surface area contributed by atoms with E-state index in [0.29, 0.717) is 17.7 Å². The Bertz CT molecular complexity index is 1390. The van der Waals surface area contributed by atoms with Crippen molar-refractivity contribution in [2.45, 2.75) is 52.0 Å². The lowest BCUT2D eigenvalue weighted by Crippen LogP contribution is -2.37. The highest BCUT2D eigenvalue weighted by atomic mass is 19.1. The Morgan fingerprint density at radius 2 is 1.74 bits per heavy atom. The predicted octanol–water partition coefficient (Wildman–Crippen LogP) is 4.57. The summed E-state index contributed by atoms with van der Waals surface area (Å²) in [6.45, 7) is 2.03. The van der Waals surface area contributed by atoms with Crippen LogP contribution in [0.1, 0.15) is 54.5 Å². The van der Waals surface area contributed by atoms with Gasteiger partial charge in [-0.1, -0.05) is 61.7 Å². The Morgan fingerprint density at radius 3 is 2.46 bits per heavy atom. The van der Waals surface area contributed by atoms with Crippen LogP contribution in [0.15, 0.2) is 59.4 Å². The molecule has 0 atom stereocenters. The van der Waals surface area contributed by atoms with E-state index in [1.54, 1.807) is 24.0 Å². The minimum atomic E-state index is -0.334. The van der Waals surface area contributed by atoms with Gasteiger partial charge in [0.15, 0.2) is 0 Å². The molecule has 4 aromatic rings. The van der Waals surface area contributed by atoms with Gasteiger partial charge in [-0.25, -0.2) is 9.37 Å². The quantitative estimate of drug-likeness (QED) is 0.445. The minimum Gasteiger partial charge on any atom is -0.276 e. The number of fused-ring (bicyclic) bond motifs is 1. The van der Waals surface area contributed by atoms with Crippen molar-refractivity contribution in [3.63, 3.8) is 0 Å². The maximum absolute atomic E-state index is 13.6. The van der Waals surface area contributed by atoms with E-state index in [0.717, 1.165) is 43.2 Å². The second kappa shape index (κ2) is 9.82. The molecule has 2 aromatic heterocycles. The fraction of sp³-hybridized carbons (Fsp3) is 0.333. The minimum absolute atomic E-state index is 0.0395. The molecule has 1 fully saturated rings. The van der Waals surface area contributed by atoms with Gasteiger partial charge in [0.05, 0.1) is 12.2 Å². The summed E-state index contributed by atoms with van der Waals surface area (Å²) in [5.41, 5.74) is 2.74. The monoisotopic (exact) mass is 473 g/mol. The highest BCUT2D eigenvalue weighted by Gasteiger charge is 2.29. The number of anilines is 1. The van der Waals surface area contributed by atoms with Crippen molar-refractivity contribution in [1.29, 1.82) is 0 Å².